The lowest BCUT2D eigenvalue weighted by Crippen LogP contribution is -2.27. The molecular weight excluding hydrogens is 310 g/mol. The number of carbonyl (C=O) groups is 1. The molecule has 6 heteroatoms. The van der Waals surface area contributed by atoms with Crippen LogP contribution in [0.5, 0.6) is 0 Å². The zero-order valence-corrected chi connectivity index (χ0v) is 13.5. The summed E-state index contributed by atoms with van der Waals surface area (Å²) in [5, 5.41) is 12.0. The number of carboxylic acids is 1. The normalized spacial score (nSPS) is 11.6. The van der Waals surface area contributed by atoms with E-state index in [0.717, 1.165) is 16.3 Å². The molecular formula is C17H15N3O2S. The number of thioether (sulfide) groups is 1. The lowest BCUT2D eigenvalue weighted by molar-refractivity contribution is -0.138. The Hall–Kier alpha value is -2.47. The summed E-state index contributed by atoms with van der Waals surface area (Å²) in [5.41, 5.74) is 1.60. The minimum atomic E-state index is -0.989. The van der Waals surface area contributed by atoms with Gasteiger partial charge in [0.05, 0.1) is 0 Å². The Morgan fingerprint density at radius 3 is 2.70 bits per heavy atom. The van der Waals surface area contributed by atoms with E-state index in [4.69, 9.17) is 0 Å². The first-order chi connectivity index (χ1) is 11.0. The Balaban J connectivity index is 2.15. The van der Waals surface area contributed by atoms with Crippen LogP contribution in [-0.2, 0) is 4.79 Å². The van der Waals surface area contributed by atoms with E-state index in [1.54, 1.807) is 38.6 Å². The summed E-state index contributed by atoms with van der Waals surface area (Å²) in [6.45, 7) is 3.32. The maximum Gasteiger partial charge on any atom is 0.319 e. The molecule has 5 nitrogen and oxygen atoms in total. The summed E-state index contributed by atoms with van der Waals surface area (Å²) >= 11 is 1.20. The number of nitrogens with zero attached hydrogens (tertiary/aromatic N) is 3. The van der Waals surface area contributed by atoms with E-state index in [2.05, 4.69) is 15.0 Å². The van der Waals surface area contributed by atoms with Crippen LogP contribution in [-0.4, -0.2) is 30.8 Å². The highest BCUT2D eigenvalue weighted by Gasteiger charge is 2.30. The van der Waals surface area contributed by atoms with E-state index in [-0.39, 0.29) is 0 Å². The molecule has 2 aromatic heterocycles. The van der Waals surface area contributed by atoms with E-state index in [1.165, 1.54) is 11.8 Å². The number of carboxylic acid groups (broad SMARTS) is 1. The number of aromatic nitrogens is 3. The summed E-state index contributed by atoms with van der Waals surface area (Å²) in [4.78, 5) is 24.3. The Kier molecular flexibility index (Phi) is 4.00. The van der Waals surface area contributed by atoms with Crippen LogP contribution in [0, 0.1) is 0 Å². The van der Waals surface area contributed by atoms with Crippen LogP contribution in [0.15, 0.2) is 54.1 Å². The monoisotopic (exact) mass is 325 g/mol. The highest BCUT2D eigenvalue weighted by atomic mass is 32.2. The van der Waals surface area contributed by atoms with Crippen LogP contribution in [0.25, 0.3) is 22.0 Å². The van der Waals surface area contributed by atoms with Crippen LogP contribution in [0.2, 0.25) is 0 Å². The van der Waals surface area contributed by atoms with Crippen molar-refractivity contribution in [2.45, 2.75) is 23.6 Å². The summed E-state index contributed by atoms with van der Waals surface area (Å²) in [7, 11) is 0. The predicted octanol–water partition coefficient (Wildman–Crippen LogP) is 3.65. The fourth-order valence-corrected chi connectivity index (χ4v) is 3.14. The zero-order chi connectivity index (χ0) is 16.4. The van der Waals surface area contributed by atoms with Crippen molar-refractivity contribution in [3.63, 3.8) is 0 Å². The van der Waals surface area contributed by atoms with Crippen LogP contribution in [0.4, 0.5) is 0 Å². The van der Waals surface area contributed by atoms with Gasteiger partial charge in [0, 0.05) is 35.7 Å². The van der Waals surface area contributed by atoms with Gasteiger partial charge in [0.2, 0.25) is 0 Å². The van der Waals surface area contributed by atoms with Gasteiger partial charge in [-0.15, -0.1) is 0 Å². The molecule has 0 amide bonds. The van der Waals surface area contributed by atoms with Crippen molar-refractivity contribution in [2.75, 3.05) is 0 Å². The highest BCUT2D eigenvalue weighted by Crippen LogP contribution is 2.38. The topological polar surface area (TPSA) is 76.0 Å². The number of aliphatic carboxylic acids is 1. The molecule has 23 heavy (non-hydrogen) atoms. The second kappa shape index (κ2) is 5.96. The second-order valence-corrected chi connectivity index (χ2v) is 7.14. The highest BCUT2D eigenvalue weighted by molar-refractivity contribution is 8.01. The van der Waals surface area contributed by atoms with Crippen molar-refractivity contribution in [3.05, 3.63) is 49.1 Å². The fraction of sp³-hybridized carbons (Fsp3) is 0.176. The summed E-state index contributed by atoms with van der Waals surface area (Å²) in [6, 6.07) is 7.81. The first-order valence-corrected chi connectivity index (χ1v) is 7.87. The first-order valence-electron chi connectivity index (χ1n) is 7.05. The molecule has 0 bridgehead atoms. The molecule has 0 aliphatic heterocycles. The number of hydrogen-bond donors (Lipinski definition) is 1. The molecule has 0 unspecified atom stereocenters. The second-order valence-electron chi connectivity index (χ2n) is 5.53. The summed E-state index contributed by atoms with van der Waals surface area (Å²) < 4.78 is -0.989. The number of pyridine rings is 1. The van der Waals surface area contributed by atoms with Crippen molar-refractivity contribution in [3.8, 4) is 11.3 Å². The van der Waals surface area contributed by atoms with Gasteiger partial charge in [-0.05, 0) is 25.3 Å². The molecule has 0 atom stereocenters. The van der Waals surface area contributed by atoms with E-state index < -0.39 is 10.7 Å². The molecule has 0 spiro atoms. The molecule has 0 aliphatic carbocycles. The zero-order valence-electron chi connectivity index (χ0n) is 12.7. The van der Waals surface area contributed by atoms with Gasteiger partial charge in [-0.2, -0.15) is 0 Å². The average Bonchev–Trinajstić information content (AvgIpc) is 2.54. The van der Waals surface area contributed by atoms with E-state index >= 15 is 0 Å². The minimum absolute atomic E-state index is 0.601. The average molecular weight is 325 g/mol. The Labute approximate surface area is 137 Å². The third-order valence-corrected chi connectivity index (χ3v) is 4.64. The van der Waals surface area contributed by atoms with Crippen LogP contribution in [0.1, 0.15) is 13.8 Å². The van der Waals surface area contributed by atoms with Crippen LogP contribution >= 0.6 is 11.8 Å². The summed E-state index contributed by atoms with van der Waals surface area (Å²) in [5.74, 6) is -0.888. The Morgan fingerprint density at radius 2 is 1.91 bits per heavy atom. The molecule has 0 saturated carbocycles. The molecule has 3 rings (SSSR count). The van der Waals surface area contributed by atoms with Crippen molar-refractivity contribution in [1.29, 1.82) is 0 Å². The van der Waals surface area contributed by atoms with Gasteiger partial charge in [0.25, 0.3) is 0 Å². The van der Waals surface area contributed by atoms with Gasteiger partial charge >= 0.3 is 5.97 Å². The van der Waals surface area contributed by atoms with Crippen molar-refractivity contribution < 1.29 is 9.90 Å². The molecule has 116 valence electrons. The maximum atomic E-state index is 11.4. The quantitative estimate of drug-likeness (QED) is 0.738. The van der Waals surface area contributed by atoms with E-state index in [9.17, 15) is 9.90 Å². The molecule has 1 N–H and O–H groups in total. The third kappa shape index (κ3) is 3.03. The molecule has 0 aliphatic rings. The van der Waals surface area contributed by atoms with E-state index in [1.807, 2.05) is 24.3 Å². The van der Waals surface area contributed by atoms with Gasteiger partial charge in [-0.25, -0.2) is 4.98 Å². The Morgan fingerprint density at radius 1 is 1.13 bits per heavy atom. The number of rotatable bonds is 4. The van der Waals surface area contributed by atoms with Crippen molar-refractivity contribution in [2.24, 2.45) is 0 Å². The van der Waals surface area contributed by atoms with Gasteiger partial charge in [-0.1, -0.05) is 30.0 Å². The van der Waals surface area contributed by atoms with Crippen molar-refractivity contribution >= 4 is 28.5 Å². The minimum Gasteiger partial charge on any atom is -0.480 e. The van der Waals surface area contributed by atoms with Gasteiger partial charge in [0.15, 0.2) is 0 Å². The SMILES string of the molecule is CC(C)(Sc1nccnc1-c1cccc2cnccc12)C(=O)O. The number of hydrogen-bond acceptors (Lipinski definition) is 5. The fourth-order valence-electron chi connectivity index (χ4n) is 2.20. The first kappa shape index (κ1) is 15.4. The predicted molar refractivity (Wildman–Crippen MR) is 90.3 cm³/mol. The molecule has 2 heterocycles. The smallest absolute Gasteiger partial charge is 0.319 e. The molecule has 3 aromatic rings. The van der Waals surface area contributed by atoms with Crippen LogP contribution < -0.4 is 0 Å². The molecule has 0 fully saturated rings. The van der Waals surface area contributed by atoms with Crippen LogP contribution in [0.3, 0.4) is 0 Å². The van der Waals surface area contributed by atoms with E-state index in [0.29, 0.717) is 10.7 Å². The standard InChI is InChI=1S/C17H15N3O2S/c1-17(2,16(21)22)23-15-14(19-8-9-20-15)13-5-3-4-11-10-18-7-6-12(11)13/h3-10H,1-2H3,(H,21,22). The van der Waals surface area contributed by atoms with Crippen molar-refractivity contribution in [1.82, 2.24) is 15.0 Å². The largest absolute Gasteiger partial charge is 0.480 e. The van der Waals surface area contributed by atoms with Gasteiger partial charge in [0.1, 0.15) is 15.5 Å². The lowest BCUT2D eigenvalue weighted by Gasteiger charge is -2.19. The molecule has 0 radical (unpaired) electrons. The molecule has 0 saturated heterocycles. The lowest BCUT2D eigenvalue weighted by atomic mass is 10.0. The Bertz CT molecular complexity index is 875. The van der Waals surface area contributed by atoms with Gasteiger partial charge in [-0.3, -0.25) is 14.8 Å². The number of benzene rings is 1. The third-order valence-electron chi connectivity index (χ3n) is 3.47. The molecule has 1 aromatic carbocycles. The summed E-state index contributed by atoms with van der Waals surface area (Å²) in [6.07, 6.45) is 6.73. The number of fused-ring (bicyclic) bond motifs is 1. The maximum absolute atomic E-state index is 11.4. The van der Waals surface area contributed by atoms with Gasteiger partial charge < -0.3 is 5.11 Å².